The maximum Gasteiger partial charge on any atom is 0.297 e. The summed E-state index contributed by atoms with van der Waals surface area (Å²) in [7, 11) is -4.66. The van der Waals surface area contributed by atoms with Crippen molar-refractivity contribution in [2.45, 2.75) is 121 Å². The summed E-state index contributed by atoms with van der Waals surface area (Å²) < 4.78 is 42.6. The number of fused-ring (bicyclic) bond motifs is 2. The lowest BCUT2D eigenvalue weighted by Crippen LogP contribution is -2.54. The van der Waals surface area contributed by atoms with Crippen LogP contribution in [0.5, 0.6) is 17.2 Å². The number of halogens is 1. The molecule has 4 fully saturated rings. The molecule has 5 heterocycles. The summed E-state index contributed by atoms with van der Waals surface area (Å²) in [6.45, 7) is 12.1. The Bertz CT molecular complexity index is 2820. The second-order valence-electron chi connectivity index (χ2n) is 20.8. The number of aromatic amines is 1. The number of anilines is 2. The minimum absolute atomic E-state index is 0.0402. The molecule has 3 aromatic carbocycles. The number of pyridine rings is 1. The highest BCUT2D eigenvalue weighted by molar-refractivity contribution is 7.90. The number of nitrogens with zero attached hydrogens (tertiary/aromatic N) is 4. The summed E-state index contributed by atoms with van der Waals surface area (Å²) in [6, 6.07) is 20.7. The van der Waals surface area contributed by atoms with Gasteiger partial charge in [0.15, 0.2) is 22.3 Å². The van der Waals surface area contributed by atoms with Gasteiger partial charge in [0.1, 0.15) is 18.0 Å². The van der Waals surface area contributed by atoms with Gasteiger partial charge < -0.3 is 24.7 Å². The molecule has 67 heavy (non-hydrogen) atoms. The van der Waals surface area contributed by atoms with Crippen LogP contribution in [0.4, 0.5) is 17.1 Å². The number of sulfonamides is 1. The van der Waals surface area contributed by atoms with E-state index in [1.165, 1.54) is 42.9 Å². The quantitative estimate of drug-likeness (QED) is 0.0653. The molecule has 0 bridgehead atoms. The highest BCUT2D eigenvalue weighted by Gasteiger charge is 2.50. The lowest BCUT2D eigenvalue weighted by atomic mass is 9.59. The molecule has 5 aliphatic rings. The molecule has 354 valence electrons. The van der Waals surface area contributed by atoms with Crippen LogP contribution in [0.3, 0.4) is 0 Å². The Labute approximate surface area is 397 Å². The first-order valence-electron chi connectivity index (χ1n) is 23.9. The van der Waals surface area contributed by atoms with Gasteiger partial charge >= 0.3 is 0 Å². The number of carbonyl (C=O) groups excluding carboxylic acids is 1. The third-order valence-electron chi connectivity index (χ3n) is 15.6. The lowest BCUT2D eigenvalue weighted by Gasteiger charge is -2.56. The SMILES string of the molecule is CC(C)c1ccccc1[C@H]1CCCN1C1CC2(CCN(c3ccc(C(=O)NS(=O)(=O)c4cc5c(c([N+](=O)[O-])c4)NC(C4CCC(C)(C)CC4)CO5)c(Oc4cc5cc[nH]c5nc4Cl)c3)CC2)C1. The Morgan fingerprint density at radius 2 is 1.75 bits per heavy atom. The Balaban J connectivity index is 0.866. The number of H-pyrrole nitrogens is 1. The molecular formula is C51H60ClN7O7S. The molecule has 3 aliphatic heterocycles. The first-order chi connectivity index (χ1) is 32.1. The van der Waals surface area contributed by atoms with Gasteiger partial charge in [-0.1, -0.05) is 63.6 Å². The van der Waals surface area contributed by atoms with E-state index < -0.39 is 31.4 Å². The average Bonchev–Trinajstić information content (AvgIpc) is 3.97. The van der Waals surface area contributed by atoms with E-state index in [1.807, 2.05) is 6.07 Å². The Morgan fingerprint density at radius 1 is 0.985 bits per heavy atom. The van der Waals surface area contributed by atoms with Crippen molar-refractivity contribution in [3.05, 3.63) is 105 Å². The highest BCUT2D eigenvalue weighted by atomic mass is 35.5. The number of hydrogen-bond donors (Lipinski definition) is 3. The van der Waals surface area contributed by atoms with Crippen LogP contribution >= 0.6 is 11.6 Å². The molecule has 2 aliphatic carbocycles. The molecule has 0 radical (unpaired) electrons. The van der Waals surface area contributed by atoms with Crippen molar-refractivity contribution in [3.8, 4) is 17.2 Å². The van der Waals surface area contributed by atoms with E-state index in [0.717, 1.165) is 75.3 Å². The normalized spacial score (nSPS) is 22.0. The van der Waals surface area contributed by atoms with Gasteiger partial charge in [-0.05, 0) is 129 Å². The molecule has 2 aromatic heterocycles. The first kappa shape index (κ1) is 45.4. The first-order valence-corrected chi connectivity index (χ1v) is 25.8. The fourth-order valence-electron chi connectivity index (χ4n) is 11.7. The van der Waals surface area contributed by atoms with E-state index in [-0.39, 0.29) is 63.0 Å². The standard InChI is InChI=1S/C51H60ClN7O7S/c1-31(2)37-8-5-6-9-38(37)41-10-7-21-58(41)35-28-51(29-35)18-22-57(23-19-51)34-11-12-39(43(25-34)66-45-24-33-15-20-53-48(33)55-47(45)52)49(60)56-67(63,64)36-26-42(59(61)62)46-44(27-36)65-30-40(54-46)32-13-16-50(3,4)17-14-32/h5-6,8-9,11-12,15,20,24-27,31-32,35,40-41,54H,7,10,13-14,16-19,21-23,28-30H2,1-4H3,(H,53,55)(H,56,60)/t40?,41-/m1/s1. The number of ether oxygens (including phenoxy) is 2. The Kier molecular flexibility index (Phi) is 11.9. The number of piperidine rings is 1. The van der Waals surface area contributed by atoms with E-state index in [2.05, 4.69) is 81.8 Å². The highest BCUT2D eigenvalue weighted by Crippen LogP contribution is 2.54. The number of nitro benzene ring substituents is 1. The van der Waals surface area contributed by atoms with Gasteiger partial charge in [0, 0.05) is 60.6 Å². The van der Waals surface area contributed by atoms with Gasteiger partial charge in [0.05, 0.1) is 21.4 Å². The number of nitrogens with one attached hydrogen (secondary N) is 3. The van der Waals surface area contributed by atoms with Crippen molar-refractivity contribution in [2.24, 2.45) is 16.7 Å². The van der Waals surface area contributed by atoms with Crippen LogP contribution in [0, 0.1) is 26.9 Å². The summed E-state index contributed by atoms with van der Waals surface area (Å²) in [5, 5.41) is 16.5. The third kappa shape index (κ3) is 8.94. The van der Waals surface area contributed by atoms with E-state index in [9.17, 15) is 23.3 Å². The fourth-order valence-corrected chi connectivity index (χ4v) is 12.9. The van der Waals surface area contributed by atoms with Gasteiger partial charge in [0.2, 0.25) is 0 Å². The van der Waals surface area contributed by atoms with Crippen LogP contribution in [-0.4, -0.2) is 72.4 Å². The maximum atomic E-state index is 14.2. The Hall–Kier alpha value is -5.38. The molecule has 1 amide bonds. The lowest BCUT2D eigenvalue weighted by molar-refractivity contribution is -0.384. The number of carbonyl (C=O) groups is 1. The Morgan fingerprint density at radius 3 is 2.49 bits per heavy atom. The van der Waals surface area contributed by atoms with Crippen LogP contribution < -0.4 is 24.4 Å². The van der Waals surface area contributed by atoms with E-state index >= 15 is 0 Å². The molecule has 2 atom stereocenters. The van der Waals surface area contributed by atoms with Crippen LogP contribution in [-0.2, 0) is 10.0 Å². The smallest absolute Gasteiger partial charge is 0.297 e. The molecule has 1 unspecified atom stereocenters. The second-order valence-corrected chi connectivity index (χ2v) is 22.8. The zero-order valence-corrected chi connectivity index (χ0v) is 40.2. The minimum atomic E-state index is -4.66. The van der Waals surface area contributed by atoms with Crippen molar-refractivity contribution in [3.63, 3.8) is 0 Å². The van der Waals surface area contributed by atoms with Gasteiger partial charge in [0.25, 0.3) is 21.6 Å². The van der Waals surface area contributed by atoms with Crippen molar-refractivity contribution in [1.82, 2.24) is 19.6 Å². The number of hydrogen-bond acceptors (Lipinski definition) is 11. The number of nitro groups is 1. The zero-order chi connectivity index (χ0) is 46.8. The number of amides is 1. The maximum absolute atomic E-state index is 14.2. The van der Waals surface area contributed by atoms with Crippen LogP contribution in [0.1, 0.15) is 125 Å². The monoisotopic (exact) mass is 949 g/mol. The molecule has 5 aromatic rings. The molecule has 2 saturated heterocycles. The van der Waals surface area contributed by atoms with E-state index in [1.54, 1.807) is 30.5 Å². The predicted molar refractivity (Wildman–Crippen MR) is 260 cm³/mol. The van der Waals surface area contributed by atoms with Crippen LogP contribution in [0.25, 0.3) is 11.0 Å². The molecule has 10 rings (SSSR count). The zero-order valence-electron chi connectivity index (χ0n) is 38.6. The third-order valence-corrected chi connectivity index (χ3v) is 17.2. The molecular weight excluding hydrogens is 890 g/mol. The second kappa shape index (κ2) is 17.6. The van der Waals surface area contributed by atoms with Crippen molar-refractivity contribution >= 4 is 55.6 Å². The van der Waals surface area contributed by atoms with E-state index in [4.69, 9.17) is 21.1 Å². The van der Waals surface area contributed by atoms with Gasteiger partial charge in [-0.25, -0.2) is 18.1 Å². The van der Waals surface area contributed by atoms with Gasteiger partial charge in [-0.15, -0.1) is 0 Å². The molecule has 3 N–H and O–H groups in total. The summed E-state index contributed by atoms with van der Waals surface area (Å²) in [5.41, 5.74) is 4.47. The molecule has 2 saturated carbocycles. The van der Waals surface area contributed by atoms with Crippen molar-refractivity contribution in [2.75, 3.05) is 36.5 Å². The summed E-state index contributed by atoms with van der Waals surface area (Å²) in [5.74, 6) is 0.0660. The van der Waals surface area contributed by atoms with Crippen molar-refractivity contribution < 1.29 is 27.6 Å². The minimum Gasteiger partial charge on any atom is -0.489 e. The molecule has 14 nitrogen and oxygen atoms in total. The largest absolute Gasteiger partial charge is 0.489 e. The number of likely N-dealkylation sites (tertiary alicyclic amines) is 1. The summed E-state index contributed by atoms with van der Waals surface area (Å²) in [6.07, 6.45) is 12.6. The topological polar surface area (TPSA) is 172 Å². The summed E-state index contributed by atoms with van der Waals surface area (Å²) >= 11 is 6.62. The van der Waals surface area contributed by atoms with Crippen molar-refractivity contribution in [1.29, 1.82) is 0 Å². The van der Waals surface area contributed by atoms with Crippen LogP contribution in [0.15, 0.2) is 77.8 Å². The van der Waals surface area contributed by atoms with Gasteiger partial charge in [-0.2, -0.15) is 0 Å². The predicted octanol–water partition coefficient (Wildman–Crippen LogP) is 11.1. The number of rotatable bonds is 11. The summed E-state index contributed by atoms with van der Waals surface area (Å²) in [4.78, 5) is 38.0. The molecule has 16 heteroatoms. The van der Waals surface area contributed by atoms with Gasteiger partial charge in [-0.3, -0.25) is 19.8 Å². The number of aromatic nitrogens is 2. The average molecular weight is 951 g/mol. The van der Waals surface area contributed by atoms with E-state index in [0.29, 0.717) is 23.6 Å². The fraction of sp³-hybridized carbons (Fsp3) is 0.490. The molecule has 1 spiro atoms. The number of benzene rings is 3. The van der Waals surface area contributed by atoms with Crippen LogP contribution in [0.2, 0.25) is 5.15 Å².